The van der Waals surface area contributed by atoms with Crippen LogP contribution in [0, 0.1) is 0 Å². The standard InChI is InChI=1S/C11H11NO5/c13-4-8(14)9(15)5-1-2-6-7(3-5)11(17)12-10(6)16/h1-3,8-9,13-15H,4H2,(H,12,16,17). The molecule has 1 aliphatic heterocycles. The maximum Gasteiger partial charge on any atom is 0.258 e. The molecule has 4 N–H and O–H groups in total. The minimum atomic E-state index is -1.33. The molecule has 2 unspecified atom stereocenters. The number of hydrogen-bond donors (Lipinski definition) is 4. The summed E-state index contributed by atoms with van der Waals surface area (Å²) in [4.78, 5) is 22.6. The van der Waals surface area contributed by atoms with Gasteiger partial charge in [-0.1, -0.05) is 6.07 Å². The van der Waals surface area contributed by atoms with Crippen molar-refractivity contribution in [3.8, 4) is 0 Å². The molecule has 2 atom stereocenters. The molecule has 0 bridgehead atoms. The number of fused-ring (bicyclic) bond motifs is 1. The second-order valence-electron chi connectivity index (χ2n) is 3.78. The van der Waals surface area contributed by atoms with Crippen molar-refractivity contribution in [2.75, 3.05) is 6.61 Å². The first-order valence-electron chi connectivity index (χ1n) is 5.01. The molecule has 1 heterocycles. The second-order valence-corrected chi connectivity index (χ2v) is 3.78. The van der Waals surface area contributed by atoms with Crippen molar-refractivity contribution in [3.63, 3.8) is 0 Å². The molecule has 1 aliphatic rings. The summed E-state index contributed by atoms with van der Waals surface area (Å²) in [7, 11) is 0. The zero-order valence-electron chi connectivity index (χ0n) is 8.75. The van der Waals surface area contributed by atoms with Crippen LogP contribution in [0.25, 0.3) is 0 Å². The van der Waals surface area contributed by atoms with Crippen LogP contribution in [-0.2, 0) is 0 Å². The monoisotopic (exact) mass is 237 g/mol. The molecular weight excluding hydrogens is 226 g/mol. The van der Waals surface area contributed by atoms with Crippen molar-refractivity contribution >= 4 is 11.8 Å². The molecule has 6 heteroatoms. The Morgan fingerprint density at radius 3 is 2.41 bits per heavy atom. The zero-order valence-corrected chi connectivity index (χ0v) is 8.75. The number of amides is 2. The Morgan fingerprint density at radius 2 is 1.76 bits per heavy atom. The Balaban J connectivity index is 2.38. The van der Waals surface area contributed by atoms with Crippen LogP contribution in [0.2, 0.25) is 0 Å². The van der Waals surface area contributed by atoms with E-state index in [-0.39, 0.29) is 16.7 Å². The van der Waals surface area contributed by atoms with Gasteiger partial charge in [-0.25, -0.2) is 0 Å². The largest absolute Gasteiger partial charge is 0.394 e. The predicted molar refractivity (Wildman–Crippen MR) is 56.3 cm³/mol. The lowest BCUT2D eigenvalue weighted by molar-refractivity contribution is -0.0152. The number of hydrogen-bond acceptors (Lipinski definition) is 5. The number of imide groups is 1. The summed E-state index contributed by atoms with van der Waals surface area (Å²) in [5.74, 6) is -1.01. The number of carbonyl (C=O) groups excluding carboxylic acids is 2. The highest BCUT2D eigenvalue weighted by molar-refractivity contribution is 6.21. The quantitative estimate of drug-likeness (QED) is 0.502. The van der Waals surface area contributed by atoms with Crippen molar-refractivity contribution in [2.45, 2.75) is 12.2 Å². The molecule has 0 fully saturated rings. The maximum atomic E-state index is 11.4. The van der Waals surface area contributed by atoms with Gasteiger partial charge in [0.15, 0.2) is 0 Å². The average molecular weight is 237 g/mol. The second kappa shape index (κ2) is 4.25. The van der Waals surface area contributed by atoms with E-state index in [9.17, 15) is 19.8 Å². The molecule has 0 spiro atoms. The highest BCUT2D eigenvalue weighted by atomic mass is 16.4. The van der Waals surface area contributed by atoms with Gasteiger partial charge in [-0.15, -0.1) is 0 Å². The molecule has 0 saturated heterocycles. The summed E-state index contributed by atoms with van der Waals surface area (Å²) >= 11 is 0. The highest BCUT2D eigenvalue weighted by Crippen LogP contribution is 2.23. The zero-order chi connectivity index (χ0) is 12.6. The molecule has 0 radical (unpaired) electrons. The number of carbonyl (C=O) groups is 2. The first kappa shape index (κ1) is 11.7. The number of nitrogens with one attached hydrogen (secondary N) is 1. The fourth-order valence-electron chi connectivity index (χ4n) is 1.69. The Bertz CT molecular complexity index is 485. The van der Waals surface area contributed by atoms with Gasteiger partial charge in [0.2, 0.25) is 0 Å². The van der Waals surface area contributed by atoms with Crippen molar-refractivity contribution in [2.24, 2.45) is 0 Å². The van der Waals surface area contributed by atoms with Crippen LogP contribution in [0.1, 0.15) is 32.4 Å². The molecule has 2 rings (SSSR count). The molecule has 1 aromatic rings. The van der Waals surface area contributed by atoms with Crippen molar-refractivity contribution in [1.82, 2.24) is 5.32 Å². The highest BCUT2D eigenvalue weighted by Gasteiger charge is 2.28. The molecule has 6 nitrogen and oxygen atoms in total. The fourth-order valence-corrected chi connectivity index (χ4v) is 1.69. The van der Waals surface area contributed by atoms with Crippen LogP contribution in [0.4, 0.5) is 0 Å². The topological polar surface area (TPSA) is 107 Å². The summed E-state index contributed by atoms with van der Waals surface area (Å²) in [6.45, 7) is -0.594. The Morgan fingerprint density at radius 1 is 1.12 bits per heavy atom. The summed E-state index contributed by atoms with van der Waals surface area (Å²) < 4.78 is 0. The van der Waals surface area contributed by atoms with Crippen LogP contribution < -0.4 is 5.32 Å². The smallest absolute Gasteiger partial charge is 0.258 e. The van der Waals surface area contributed by atoms with E-state index in [1.165, 1.54) is 18.2 Å². The van der Waals surface area contributed by atoms with E-state index in [2.05, 4.69) is 5.32 Å². The number of aliphatic hydroxyl groups is 3. The molecule has 0 aromatic heterocycles. The molecular formula is C11H11NO5. The van der Waals surface area contributed by atoms with Gasteiger partial charge in [0.25, 0.3) is 11.8 Å². The van der Waals surface area contributed by atoms with Gasteiger partial charge in [0.05, 0.1) is 17.7 Å². The number of aliphatic hydroxyl groups excluding tert-OH is 3. The van der Waals surface area contributed by atoms with E-state index >= 15 is 0 Å². The number of benzene rings is 1. The molecule has 90 valence electrons. The van der Waals surface area contributed by atoms with Crippen LogP contribution >= 0.6 is 0 Å². The third-order valence-corrected chi connectivity index (χ3v) is 2.65. The predicted octanol–water partition coefficient (Wildman–Crippen LogP) is -1.04. The SMILES string of the molecule is O=C1NC(=O)c2cc(C(O)C(O)CO)ccc21. The van der Waals surface area contributed by atoms with E-state index < -0.39 is 30.6 Å². The maximum absolute atomic E-state index is 11.4. The third kappa shape index (κ3) is 1.93. The Labute approximate surface area is 96.5 Å². The van der Waals surface area contributed by atoms with Gasteiger partial charge < -0.3 is 15.3 Å². The van der Waals surface area contributed by atoms with E-state index in [1.54, 1.807) is 0 Å². The van der Waals surface area contributed by atoms with Gasteiger partial charge in [-0.2, -0.15) is 0 Å². The van der Waals surface area contributed by atoms with Crippen molar-refractivity contribution in [3.05, 3.63) is 34.9 Å². The summed E-state index contributed by atoms with van der Waals surface area (Å²) in [6.07, 6.45) is -2.62. The molecule has 0 saturated carbocycles. The molecule has 0 aliphatic carbocycles. The average Bonchev–Trinajstić information content (AvgIpc) is 2.62. The number of rotatable bonds is 3. The fraction of sp³-hybridized carbons (Fsp3) is 0.273. The van der Waals surface area contributed by atoms with Crippen LogP contribution in [0.5, 0.6) is 0 Å². The van der Waals surface area contributed by atoms with E-state index in [0.29, 0.717) is 0 Å². The lowest BCUT2D eigenvalue weighted by Gasteiger charge is -2.16. The molecule has 2 amide bonds. The first-order valence-corrected chi connectivity index (χ1v) is 5.01. The normalized spacial score (nSPS) is 17.6. The Kier molecular flexibility index (Phi) is 2.93. The van der Waals surface area contributed by atoms with E-state index in [4.69, 9.17) is 5.11 Å². The first-order chi connectivity index (χ1) is 8.04. The lowest BCUT2D eigenvalue weighted by atomic mass is 9.99. The third-order valence-electron chi connectivity index (χ3n) is 2.65. The summed E-state index contributed by atoms with van der Waals surface area (Å²) in [5, 5.41) is 29.8. The van der Waals surface area contributed by atoms with Gasteiger partial charge >= 0.3 is 0 Å². The van der Waals surface area contributed by atoms with Crippen molar-refractivity contribution in [1.29, 1.82) is 0 Å². The van der Waals surface area contributed by atoms with E-state index in [0.717, 1.165) is 0 Å². The minimum Gasteiger partial charge on any atom is -0.394 e. The Hall–Kier alpha value is -1.76. The summed E-state index contributed by atoms with van der Waals surface area (Å²) in [6, 6.07) is 4.16. The van der Waals surface area contributed by atoms with Crippen molar-refractivity contribution < 1.29 is 24.9 Å². The van der Waals surface area contributed by atoms with Gasteiger partial charge in [0, 0.05) is 0 Å². The molecule has 17 heavy (non-hydrogen) atoms. The lowest BCUT2D eigenvalue weighted by Crippen LogP contribution is -2.22. The summed E-state index contributed by atoms with van der Waals surface area (Å²) in [5.41, 5.74) is 0.677. The van der Waals surface area contributed by atoms with Crippen LogP contribution in [0.3, 0.4) is 0 Å². The molecule has 1 aromatic carbocycles. The minimum absolute atomic E-state index is 0.164. The van der Waals surface area contributed by atoms with Crippen LogP contribution in [0.15, 0.2) is 18.2 Å². The van der Waals surface area contributed by atoms with Gasteiger partial charge in [-0.3, -0.25) is 14.9 Å². The van der Waals surface area contributed by atoms with Gasteiger partial charge in [0.1, 0.15) is 12.2 Å². The van der Waals surface area contributed by atoms with Crippen LogP contribution in [-0.4, -0.2) is 39.8 Å². The van der Waals surface area contributed by atoms with E-state index in [1.807, 2.05) is 0 Å². The van der Waals surface area contributed by atoms with Gasteiger partial charge in [-0.05, 0) is 17.7 Å².